The fourth-order valence-electron chi connectivity index (χ4n) is 4.14. The molecular weight excluding hydrogens is 382 g/mol. The fourth-order valence-corrected chi connectivity index (χ4v) is 4.14. The average molecular weight is 407 g/mol. The Balaban J connectivity index is 1.34. The minimum absolute atomic E-state index is 0.0206. The predicted octanol–water partition coefficient (Wildman–Crippen LogP) is 2.92. The van der Waals surface area contributed by atoms with Crippen molar-refractivity contribution < 1.29 is 19.1 Å². The summed E-state index contributed by atoms with van der Waals surface area (Å²) in [5.41, 5.74) is 1.76. The van der Waals surface area contributed by atoms with Crippen LogP contribution in [0, 0.1) is 0 Å². The zero-order chi connectivity index (χ0) is 21.1. The topological polar surface area (TPSA) is 79.0 Å². The number of ether oxygens (including phenoxy) is 1. The van der Waals surface area contributed by atoms with Gasteiger partial charge in [-0.15, -0.1) is 0 Å². The molecule has 2 aliphatic heterocycles. The molecule has 2 saturated heterocycles. The van der Waals surface area contributed by atoms with Crippen LogP contribution in [0.5, 0.6) is 5.75 Å². The molecule has 4 amide bonds. The van der Waals surface area contributed by atoms with Gasteiger partial charge in [0.15, 0.2) is 0 Å². The van der Waals surface area contributed by atoms with Crippen molar-refractivity contribution in [2.45, 2.75) is 31.2 Å². The number of amides is 4. The Morgan fingerprint density at radius 2 is 1.70 bits per heavy atom. The molecule has 1 N–H and O–H groups in total. The number of imide groups is 1. The number of likely N-dealkylation sites (tertiary alicyclic amines) is 1. The summed E-state index contributed by atoms with van der Waals surface area (Å²) in [5.74, 6) is 0.583. The first-order valence-corrected chi connectivity index (χ1v) is 10.2. The summed E-state index contributed by atoms with van der Waals surface area (Å²) in [7, 11) is 1.55. The van der Waals surface area contributed by atoms with E-state index in [0.717, 1.165) is 17.7 Å². The molecule has 0 aromatic heterocycles. The normalized spacial score (nSPS) is 19.7. The van der Waals surface area contributed by atoms with E-state index in [4.69, 9.17) is 4.74 Å². The SMILES string of the molecule is COc1ccc(N2C(=O)NC(CC(=O)N3CCC(c4ccccc4)CC3)C2=O)cc1. The molecule has 2 aliphatic rings. The van der Waals surface area contributed by atoms with Gasteiger partial charge in [0.2, 0.25) is 5.91 Å². The zero-order valence-corrected chi connectivity index (χ0v) is 16.9. The van der Waals surface area contributed by atoms with Gasteiger partial charge in [0.05, 0.1) is 19.2 Å². The first kappa shape index (κ1) is 19.9. The number of nitrogens with one attached hydrogen (secondary N) is 1. The lowest BCUT2D eigenvalue weighted by Crippen LogP contribution is -2.42. The van der Waals surface area contributed by atoms with Gasteiger partial charge in [-0.05, 0) is 48.6 Å². The van der Waals surface area contributed by atoms with Crippen molar-refractivity contribution in [2.75, 3.05) is 25.1 Å². The molecule has 0 spiro atoms. The summed E-state index contributed by atoms with van der Waals surface area (Å²) in [5, 5.41) is 2.64. The average Bonchev–Trinajstić information content (AvgIpc) is 3.07. The van der Waals surface area contributed by atoms with Crippen LogP contribution in [0.2, 0.25) is 0 Å². The summed E-state index contributed by atoms with van der Waals surface area (Å²) in [4.78, 5) is 40.8. The molecule has 0 bridgehead atoms. The van der Waals surface area contributed by atoms with E-state index < -0.39 is 18.0 Å². The molecule has 2 fully saturated rings. The van der Waals surface area contributed by atoms with Crippen molar-refractivity contribution in [2.24, 2.45) is 0 Å². The number of carbonyl (C=O) groups is 3. The number of nitrogens with zero attached hydrogens (tertiary/aromatic N) is 2. The Bertz CT molecular complexity index is 921. The van der Waals surface area contributed by atoms with E-state index in [0.29, 0.717) is 30.4 Å². The lowest BCUT2D eigenvalue weighted by Gasteiger charge is -2.32. The van der Waals surface area contributed by atoms with Crippen molar-refractivity contribution in [1.82, 2.24) is 10.2 Å². The number of anilines is 1. The Morgan fingerprint density at radius 3 is 2.33 bits per heavy atom. The van der Waals surface area contributed by atoms with Crippen LogP contribution >= 0.6 is 0 Å². The number of rotatable bonds is 5. The number of hydrogen-bond acceptors (Lipinski definition) is 4. The second kappa shape index (κ2) is 8.57. The van der Waals surface area contributed by atoms with Gasteiger partial charge in [0.25, 0.3) is 5.91 Å². The molecule has 4 rings (SSSR count). The van der Waals surface area contributed by atoms with Gasteiger partial charge in [-0.3, -0.25) is 9.59 Å². The second-order valence-corrected chi connectivity index (χ2v) is 7.64. The molecule has 7 heteroatoms. The van der Waals surface area contributed by atoms with Gasteiger partial charge in [-0.2, -0.15) is 0 Å². The van der Waals surface area contributed by atoms with E-state index in [1.165, 1.54) is 5.56 Å². The number of hydrogen-bond donors (Lipinski definition) is 1. The molecule has 1 atom stereocenters. The van der Waals surface area contributed by atoms with Gasteiger partial charge in [-0.25, -0.2) is 9.69 Å². The monoisotopic (exact) mass is 407 g/mol. The van der Waals surface area contributed by atoms with E-state index in [2.05, 4.69) is 17.4 Å². The quantitative estimate of drug-likeness (QED) is 0.773. The van der Waals surface area contributed by atoms with Crippen molar-refractivity contribution in [1.29, 1.82) is 0 Å². The largest absolute Gasteiger partial charge is 0.497 e. The van der Waals surface area contributed by atoms with Crippen LogP contribution in [0.4, 0.5) is 10.5 Å². The molecule has 156 valence electrons. The number of methoxy groups -OCH3 is 1. The van der Waals surface area contributed by atoms with Crippen molar-refractivity contribution in [3.63, 3.8) is 0 Å². The summed E-state index contributed by atoms with van der Waals surface area (Å²) in [6.07, 6.45) is 1.78. The van der Waals surface area contributed by atoms with Gasteiger partial charge in [-0.1, -0.05) is 30.3 Å². The summed E-state index contributed by atoms with van der Waals surface area (Å²) in [6, 6.07) is 15.7. The Morgan fingerprint density at radius 1 is 1.03 bits per heavy atom. The van der Waals surface area contributed by atoms with E-state index in [-0.39, 0.29) is 12.3 Å². The Hall–Kier alpha value is -3.35. The van der Waals surface area contributed by atoms with Crippen LogP contribution in [0.3, 0.4) is 0 Å². The molecule has 0 radical (unpaired) electrons. The number of benzene rings is 2. The lowest BCUT2D eigenvalue weighted by molar-refractivity contribution is -0.134. The summed E-state index contributed by atoms with van der Waals surface area (Å²) < 4.78 is 5.11. The molecule has 2 aromatic carbocycles. The van der Waals surface area contributed by atoms with Crippen LogP contribution in [0.1, 0.15) is 30.7 Å². The predicted molar refractivity (Wildman–Crippen MR) is 112 cm³/mol. The smallest absolute Gasteiger partial charge is 0.329 e. The van der Waals surface area contributed by atoms with Crippen LogP contribution in [0.25, 0.3) is 0 Å². The minimum Gasteiger partial charge on any atom is -0.497 e. The van der Waals surface area contributed by atoms with E-state index in [1.54, 1.807) is 36.3 Å². The van der Waals surface area contributed by atoms with Crippen LogP contribution in [-0.4, -0.2) is 49.0 Å². The van der Waals surface area contributed by atoms with Gasteiger partial charge < -0.3 is 15.0 Å². The van der Waals surface area contributed by atoms with Crippen molar-refractivity contribution in [3.05, 3.63) is 60.2 Å². The maximum atomic E-state index is 12.8. The summed E-state index contributed by atoms with van der Waals surface area (Å²) >= 11 is 0. The molecule has 1 unspecified atom stereocenters. The van der Waals surface area contributed by atoms with Gasteiger partial charge >= 0.3 is 6.03 Å². The van der Waals surface area contributed by atoms with Crippen molar-refractivity contribution >= 4 is 23.5 Å². The molecule has 2 aromatic rings. The third-order valence-electron chi connectivity index (χ3n) is 5.85. The van der Waals surface area contributed by atoms with Crippen LogP contribution < -0.4 is 15.0 Å². The molecule has 2 heterocycles. The zero-order valence-electron chi connectivity index (χ0n) is 16.9. The maximum absolute atomic E-state index is 12.8. The van der Waals surface area contributed by atoms with Crippen LogP contribution in [-0.2, 0) is 9.59 Å². The summed E-state index contributed by atoms with van der Waals surface area (Å²) in [6.45, 7) is 1.32. The molecule has 7 nitrogen and oxygen atoms in total. The van der Waals surface area contributed by atoms with Crippen molar-refractivity contribution in [3.8, 4) is 5.75 Å². The number of piperidine rings is 1. The highest BCUT2D eigenvalue weighted by atomic mass is 16.5. The first-order valence-electron chi connectivity index (χ1n) is 10.2. The Labute approximate surface area is 175 Å². The van der Waals surface area contributed by atoms with E-state index in [9.17, 15) is 14.4 Å². The molecule has 30 heavy (non-hydrogen) atoms. The molecule has 0 saturated carbocycles. The van der Waals surface area contributed by atoms with Gasteiger partial charge in [0, 0.05) is 13.1 Å². The molecular formula is C23H25N3O4. The number of carbonyl (C=O) groups excluding carboxylic acids is 3. The third kappa shape index (κ3) is 4.01. The fraction of sp³-hybridized carbons (Fsp3) is 0.348. The highest BCUT2D eigenvalue weighted by molar-refractivity contribution is 6.22. The second-order valence-electron chi connectivity index (χ2n) is 7.64. The lowest BCUT2D eigenvalue weighted by atomic mass is 9.89. The highest BCUT2D eigenvalue weighted by Crippen LogP contribution is 2.29. The molecule has 0 aliphatic carbocycles. The van der Waals surface area contributed by atoms with Gasteiger partial charge in [0.1, 0.15) is 11.8 Å². The highest BCUT2D eigenvalue weighted by Gasteiger charge is 2.41. The maximum Gasteiger partial charge on any atom is 0.329 e. The van der Waals surface area contributed by atoms with E-state index in [1.807, 2.05) is 18.2 Å². The van der Waals surface area contributed by atoms with Crippen LogP contribution in [0.15, 0.2) is 54.6 Å². The van der Waals surface area contributed by atoms with E-state index >= 15 is 0 Å². The standard InChI is InChI=1S/C23H25N3O4/c1-30-19-9-7-18(8-10-19)26-22(28)20(24-23(26)29)15-21(27)25-13-11-17(12-14-25)16-5-3-2-4-6-16/h2-10,17,20H,11-15H2,1H3,(H,24,29). The first-order chi connectivity index (χ1) is 14.6. The third-order valence-corrected chi connectivity index (χ3v) is 5.85. The minimum atomic E-state index is -0.834. The Kier molecular flexibility index (Phi) is 5.70. The number of urea groups is 1.